The number of ether oxygens (including phenoxy) is 1. The fourth-order valence-electron chi connectivity index (χ4n) is 3.88. The van der Waals surface area contributed by atoms with Gasteiger partial charge >= 0.3 is 5.97 Å². The third kappa shape index (κ3) is 3.56. The van der Waals surface area contributed by atoms with Crippen LogP contribution < -0.4 is 0 Å². The molecule has 4 rings (SSSR count). The van der Waals surface area contributed by atoms with Crippen molar-refractivity contribution in [2.75, 3.05) is 13.1 Å². The maximum atomic E-state index is 13.1. The molecular formula is C22H19FN2O2. The van der Waals surface area contributed by atoms with Crippen LogP contribution >= 0.6 is 0 Å². The zero-order valence-electron chi connectivity index (χ0n) is 14.8. The molecule has 0 N–H and O–H groups in total. The van der Waals surface area contributed by atoms with Crippen LogP contribution in [0.5, 0.6) is 0 Å². The molecule has 1 unspecified atom stereocenters. The lowest BCUT2D eigenvalue weighted by Crippen LogP contribution is -2.42. The molecule has 2 saturated heterocycles. The van der Waals surface area contributed by atoms with Crippen LogP contribution in [-0.4, -0.2) is 29.6 Å². The van der Waals surface area contributed by atoms with E-state index in [9.17, 15) is 9.18 Å². The van der Waals surface area contributed by atoms with Crippen LogP contribution in [-0.2, 0) is 4.74 Å². The van der Waals surface area contributed by atoms with Crippen molar-refractivity contribution in [1.29, 1.82) is 5.26 Å². The summed E-state index contributed by atoms with van der Waals surface area (Å²) in [7, 11) is 0. The first-order chi connectivity index (χ1) is 13.1. The Kier molecular flexibility index (Phi) is 4.41. The highest BCUT2D eigenvalue weighted by molar-refractivity contribution is 5.89. The van der Waals surface area contributed by atoms with E-state index in [1.165, 1.54) is 24.3 Å². The molecule has 2 bridgehead atoms. The average molecular weight is 362 g/mol. The Balaban J connectivity index is 1.53. The van der Waals surface area contributed by atoms with Crippen molar-refractivity contribution in [1.82, 2.24) is 4.90 Å². The van der Waals surface area contributed by atoms with Crippen LogP contribution in [0.25, 0.3) is 6.08 Å². The Hall–Kier alpha value is -3.13. The summed E-state index contributed by atoms with van der Waals surface area (Å²) in [5.74, 6) is -0.779. The van der Waals surface area contributed by atoms with E-state index >= 15 is 0 Å². The molecule has 0 aliphatic carbocycles. The van der Waals surface area contributed by atoms with Gasteiger partial charge < -0.3 is 9.64 Å². The number of nitrogens with zero attached hydrogens (tertiary/aromatic N) is 2. The Labute approximate surface area is 157 Å². The fourth-order valence-corrected chi connectivity index (χ4v) is 3.88. The van der Waals surface area contributed by atoms with E-state index in [1.807, 2.05) is 12.1 Å². The van der Waals surface area contributed by atoms with Gasteiger partial charge in [-0.25, -0.2) is 9.18 Å². The number of fused-ring (bicyclic) bond motifs is 2. The molecule has 2 aliphatic rings. The zero-order chi connectivity index (χ0) is 18.9. The molecule has 4 nitrogen and oxygen atoms in total. The molecular weight excluding hydrogens is 343 g/mol. The minimum Gasteiger partial charge on any atom is -0.453 e. The predicted octanol–water partition coefficient (Wildman–Crippen LogP) is 4.13. The van der Waals surface area contributed by atoms with E-state index in [2.05, 4.69) is 17.0 Å². The lowest BCUT2D eigenvalue weighted by Gasteiger charge is -2.33. The van der Waals surface area contributed by atoms with Crippen molar-refractivity contribution in [3.05, 3.63) is 76.7 Å². The number of piperidine rings is 1. The third-order valence-electron chi connectivity index (χ3n) is 5.21. The van der Waals surface area contributed by atoms with Crippen molar-refractivity contribution in [3.63, 3.8) is 0 Å². The monoisotopic (exact) mass is 362 g/mol. The van der Waals surface area contributed by atoms with Gasteiger partial charge in [0.05, 0.1) is 23.7 Å². The standard InChI is InChI=1S/C22H19FN2O2/c23-19-8-6-18(7-9-19)21(26)27-22-10-1-11-25(15-22)20(13-22)12-16-2-4-17(14-24)5-3-16/h2-9,12H,1,10-11,13,15H2/b20-12+. The van der Waals surface area contributed by atoms with Gasteiger partial charge in [-0.05, 0) is 60.9 Å². The van der Waals surface area contributed by atoms with Gasteiger partial charge in [-0.2, -0.15) is 5.26 Å². The molecule has 2 fully saturated rings. The van der Waals surface area contributed by atoms with Crippen molar-refractivity contribution in [2.45, 2.75) is 24.9 Å². The van der Waals surface area contributed by atoms with Crippen molar-refractivity contribution < 1.29 is 13.9 Å². The first kappa shape index (κ1) is 17.3. The minimum absolute atomic E-state index is 0.368. The summed E-state index contributed by atoms with van der Waals surface area (Å²) in [5, 5.41) is 8.92. The molecule has 2 aromatic carbocycles. The first-order valence-electron chi connectivity index (χ1n) is 9.02. The van der Waals surface area contributed by atoms with E-state index in [0.29, 0.717) is 24.1 Å². The largest absolute Gasteiger partial charge is 0.453 e. The van der Waals surface area contributed by atoms with Gasteiger partial charge in [0, 0.05) is 18.7 Å². The van der Waals surface area contributed by atoms with Crippen LogP contribution in [0, 0.1) is 17.1 Å². The molecule has 5 heteroatoms. The third-order valence-corrected chi connectivity index (χ3v) is 5.21. The highest BCUT2D eigenvalue weighted by atomic mass is 19.1. The van der Waals surface area contributed by atoms with Gasteiger partial charge in [0.25, 0.3) is 0 Å². The molecule has 0 amide bonds. The Morgan fingerprint density at radius 3 is 2.63 bits per heavy atom. The zero-order valence-corrected chi connectivity index (χ0v) is 14.8. The Morgan fingerprint density at radius 1 is 1.19 bits per heavy atom. The molecule has 2 aromatic rings. The molecule has 2 aliphatic heterocycles. The van der Waals surface area contributed by atoms with Crippen molar-refractivity contribution in [3.8, 4) is 6.07 Å². The summed E-state index contributed by atoms with van der Waals surface area (Å²) in [4.78, 5) is 14.8. The predicted molar refractivity (Wildman–Crippen MR) is 99.1 cm³/mol. The van der Waals surface area contributed by atoms with Crippen LogP contribution in [0.2, 0.25) is 0 Å². The number of halogens is 1. The Bertz CT molecular complexity index is 928. The fraction of sp³-hybridized carbons (Fsp3) is 0.273. The van der Waals surface area contributed by atoms with Gasteiger partial charge in [0.1, 0.15) is 11.4 Å². The summed E-state index contributed by atoms with van der Waals surface area (Å²) in [6.07, 6.45) is 4.54. The number of carbonyl (C=O) groups excluding carboxylic acids is 1. The highest BCUT2D eigenvalue weighted by Gasteiger charge is 2.46. The Morgan fingerprint density at radius 2 is 1.93 bits per heavy atom. The van der Waals surface area contributed by atoms with Gasteiger partial charge in [0.2, 0.25) is 0 Å². The summed E-state index contributed by atoms with van der Waals surface area (Å²) in [5.41, 5.74) is 2.64. The molecule has 0 aromatic heterocycles. The second-order valence-corrected chi connectivity index (χ2v) is 7.15. The molecule has 2 heterocycles. The van der Waals surface area contributed by atoms with Crippen molar-refractivity contribution >= 4 is 12.0 Å². The second-order valence-electron chi connectivity index (χ2n) is 7.15. The number of hydrogen-bond donors (Lipinski definition) is 0. The number of esters is 1. The summed E-state index contributed by atoms with van der Waals surface area (Å²) < 4.78 is 19.0. The topological polar surface area (TPSA) is 53.3 Å². The summed E-state index contributed by atoms with van der Waals surface area (Å²) in [6.45, 7) is 1.63. The lowest BCUT2D eigenvalue weighted by molar-refractivity contribution is -0.0270. The minimum atomic E-state index is -0.526. The molecule has 1 atom stereocenters. The molecule has 27 heavy (non-hydrogen) atoms. The highest BCUT2D eigenvalue weighted by Crippen LogP contribution is 2.41. The van der Waals surface area contributed by atoms with Gasteiger partial charge in [-0.3, -0.25) is 0 Å². The number of benzene rings is 2. The van der Waals surface area contributed by atoms with Gasteiger partial charge in [-0.15, -0.1) is 0 Å². The van der Waals surface area contributed by atoms with E-state index in [-0.39, 0.29) is 5.82 Å². The van der Waals surface area contributed by atoms with Crippen LogP contribution in [0.15, 0.2) is 54.2 Å². The second kappa shape index (κ2) is 6.88. The van der Waals surface area contributed by atoms with E-state index in [1.54, 1.807) is 12.1 Å². The van der Waals surface area contributed by atoms with E-state index in [0.717, 1.165) is 30.6 Å². The normalized spacial score (nSPS) is 22.5. The van der Waals surface area contributed by atoms with Gasteiger partial charge in [-0.1, -0.05) is 12.1 Å². The van der Waals surface area contributed by atoms with E-state index in [4.69, 9.17) is 10.00 Å². The van der Waals surface area contributed by atoms with Gasteiger partial charge in [0.15, 0.2) is 0 Å². The maximum absolute atomic E-state index is 13.1. The SMILES string of the molecule is N#Cc1ccc(/C=C2\CC3(OC(=O)c4ccc(F)cc4)CCCN2C3)cc1. The maximum Gasteiger partial charge on any atom is 0.338 e. The van der Waals surface area contributed by atoms with E-state index < -0.39 is 11.6 Å². The smallest absolute Gasteiger partial charge is 0.338 e. The number of hydrogen-bond acceptors (Lipinski definition) is 4. The van der Waals surface area contributed by atoms with Crippen molar-refractivity contribution in [2.24, 2.45) is 0 Å². The van der Waals surface area contributed by atoms with Crippen LogP contribution in [0.1, 0.15) is 40.7 Å². The number of nitriles is 1. The van der Waals surface area contributed by atoms with Crippen LogP contribution in [0.3, 0.4) is 0 Å². The molecule has 0 radical (unpaired) electrons. The molecule has 136 valence electrons. The molecule has 0 spiro atoms. The average Bonchev–Trinajstić information content (AvgIpc) is 2.91. The quantitative estimate of drug-likeness (QED) is 0.771. The van der Waals surface area contributed by atoms with Crippen LogP contribution in [0.4, 0.5) is 4.39 Å². The summed E-state index contributed by atoms with van der Waals surface area (Å²) >= 11 is 0. The lowest BCUT2D eigenvalue weighted by atomic mass is 9.94. The first-order valence-corrected chi connectivity index (χ1v) is 9.02. The molecule has 0 saturated carbocycles. The number of carbonyl (C=O) groups is 1. The summed E-state index contributed by atoms with van der Waals surface area (Å²) in [6, 6.07) is 15.0. The number of rotatable bonds is 3.